The van der Waals surface area contributed by atoms with E-state index in [0.29, 0.717) is 0 Å². The highest BCUT2D eigenvalue weighted by atomic mass is 16.6. The normalized spacial score (nSPS) is 14.2. The highest BCUT2D eigenvalue weighted by Crippen LogP contribution is 2.14. The van der Waals surface area contributed by atoms with Crippen LogP contribution in [0.2, 0.25) is 0 Å². The van der Waals surface area contributed by atoms with E-state index in [-0.39, 0.29) is 31.6 Å². The molecule has 6 N–H and O–H groups in total. The molecule has 3 aromatic rings. The lowest BCUT2D eigenvalue weighted by Gasteiger charge is -2.28. The van der Waals surface area contributed by atoms with Gasteiger partial charge in [-0.05, 0) is 56.2 Å². The lowest BCUT2D eigenvalue weighted by molar-refractivity contribution is -0.142. The molecule has 0 aromatic heterocycles. The van der Waals surface area contributed by atoms with Crippen LogP contribution in [-0.2, 0) is 43.2 Å². The first-order valence-corrected chi connectivity index (χ1v) is 17.5. The molecule has 0 saturated carbocycles. The molecule has 52 heavy (non-hydrogen) atoms. The van der Waals surface area contributed by atoms with Crippen LogP contribution >= 0.6 is 0 Å². The zero-order valence-electron chi connectivity index (χ0n) is 30.5. The molecule has 5 atom stereocenters. The second-order valence-corrected chi connectivity index (χ2v) is 14.3. The minimum absolute atomic E-state index is 0.0489. The van der Waals surface area contributed by atoms with Crippen LogP contribution in [0.15, 0.2) is 91.0 Å². The number of alkyl carbamates (subject to hydrolysis) is 1. The van der Waals surface area contributed by atoms with Gasteiger partial charge in [-0.25, -0.2) is 9.59 Å². The Balaban J connectivity index is 1.78. The molecule has 3 rings (SSSR count). The van der Waals surface area contributed by atoms with E-state index in [0.717, 1.165) is 16.7 Å². The number of hydrogen-bond acceptors (Lipinski definition) is 7. The van der Waals surface area contributed by atoms with E-state index in [2.05, 4.69) is 21.3 Å². The SMILES string of the molecule is CC(C)C[C@H](NC(=O)[C@H](Cc1ccccc1)NC(=O)C[C@H](O)[C@H](Cc1ccccc1)NC(=O)OC(C)(C)C)C(=O)N[C@@H](Cc1ccccc1)C(=O)O. The van der Waals surface area contributed by atoms with Gasteiger partial charge in [-0.1, -0.05) is 105 Å². The summed E-state index contributed by atoms with van der Waals surface area (Å²) in [5.41, 5.74) is 1.48. The number of hydrogen-bond donors (Lipinski definition) is 6. The van der Waals surface area contributed by atoms with Crippen LogP contribution in [0.5, 0.6) is 0 Å². The molecular weight excluding hydrogens is 664 g/mol. The summed E-state index contributed by atoms with van der Waals surface area (Å²) >= 11 is 0. The Morgan fingerprint density at radius 1 is 0.635 bits per heavy atom. The maximum absolute atomic E-state index is 13.9. The summed E-state index contributed by atoms with van der Waals surface area (Å²) in [6.45, 7) is 8.88. The predicted octanol–water partition coefficient (Wildman–Crippen LogP) is 3.94. The third-order valence-electron chi connectivity index (χ3n) is 8.03. The van der Waals surface area contributed by atoms with Crippen molar-refractivity contribution in [3.63, 3.8) is 0 Å². The van der Waals surface area contributed by atoms with Gasteiger partial charge in [-0.2, -0.15) is 0 Å². The molecule has 3 aromatic carbocycles. The van der Waals surface area contributed by atoms with E-state index in [4.69, 9.17) is 4.74 Å². The minimum Gasteiger partial charge on any atom is -0.480 e. The number of benzene rings is 3. The van der Waals surface area contributed by atoms with Crippen molar-refractivity contribution in [2.45, 2.75) is 103 Å². The fraction of sp³-hybridized carbons (Fsp3) is 0.425. The number of ether oxygens (including phenoxy) is 1. The Hall–Kier alpha value is -5.23. The Morgan fingerprint density at radius 2 is 1.08 bits per heavy atom. The van der Waals surface area contributed by atoms with Crippen LogP contribution < -0.4 is 21.3 Å². The molecule has 0 radical (unpaired) electrons. The molecule has 0 saturated heterocycles. The molecule has 280 valence electrons. The van der Waals surface area contributed by atoms with Gasteiger partial charge in [0.2, 0.25) is 17.7 Å². The summed E-state index contributed by atoms with van der Waals surface area (Å²) in [7, 11) is 0. The van der Waals surface area contributed by atoms with E-state index in [1.54, 1.807) is 75.4 Å². The lowest BCUT2D eigenvalue weighted by atomic mass is 9.98. The molecule has 4 amide bonds. The Labute approximate surface area is 305 Å². The van der Waals surface area contributed by atoms with Crippen molar-refractivity contribution in [1.82, 2.24) is 21.3 Å². The van der Waals surface area contributed by atoms with Crippen LogP contribution in [0.25, 0.3) is 0 Å². The molecule has 12 nitrogen and oxygen atoms in total. The largest absolute Gasteiger partial charge is 0.480 e. The fourth-order valence-corrected chi connectivity index (χ4v) is 5.55. The molecule has 0 spiro atoms. The quantitative estimate of drug-likeness (QED) is 0.114. The van der Waals surface area contributed by atoms with Crippen LogP contribution in [0.4, 0.5) is 4.79 Å². The van der Waals surface area contributed by atoms with Crippen molar-refractivity contribution in [3.8, 4) is 0 Å². The number of aliphatic hydroxyl groups is 1. The van der Waals surface area contributed by atoms with Crippen molar-refractivity contribution in [1.29, 1.82) is 0 Å². The number of carbonyl (C=O) groups excluding carboxylic acids is 4. The minimum atomic E-state index is -1.36. The van der Waals surface area contributed by atoms with Crippen molar-refractivity contribution >= 4 is 29.8 Å². The van der Waals surface area contributed by atoms with Crippen molar-refractivity contribution in [2.75, 3.05) is 0 Å². The standard InChI is InChI=1S/C40H52N4O8/c1-26(2)21-31(36(47)43-33(38(49)50)24-29-19-13-8-14-20-29)42-37(48)32(23-28-17-11-7-12-18-28)41-35(46)25-34(45)30(22-27-15-9-6-10-16-27)44-39(51)52-40(3,4)5/h6-20,26,30-34,45H,21-25H2,1-5H3,(H,41,46)(H,42,48)(H,43,47)(H,44,51)(H,49,50)/t30-,31-,32-,33-,34-/m0/s1. The van der Waals surface area contributed by atoms with Crippen LogP contribution in [0, 0.1) is 5.92 Å². The van der Waals surface area contributed by atoms with Crippen LogP contribution in [0.1, 0.15) is 64.2 Å². The number of aliphatic carboxylic acids is 1. The van der Waals surface area contributed by atoms with E-state index in [9.17, 15) is 34.2 Å². The summed E-state index contributed by atoms with van der Waals surface area (Å²) < 4.78 is 5.39. The topological polar surface area (TPSA) is 183 Å². The second-order valence-electron chi connectivity index (χ2n) is 14.3. The molecule has 0 aliphatic rings. The smallest absolute Gasteiger partial charge is 0.407 e. The van der Waals surface area contributed by atoms with Gasteiger partial charge in [0.05, 0.1) is 18.6 Å². The van der Waals surface area contributed by atoms with Crippen molar-refractivity contribution in [3.05, 3.63) is 108 Å². The van der Waals surface area contributed by atoms with Crippen molar-refractivity contribution in [2.24, 2.45) is 5.92 Å². The van der Waals surface area contributed by atoms with Gasteiger partial charge in [0.25, 0.3) is 0 Å². The lowest BCUT2D eigenvalue weighted by Crippen LogP contribution is -2.57. The van der Waals surface area contributed by atoms with Crippen LogP contribution in [0.3, 0.4) is 0 Å². The number of carboxylic acids is 1. The number of rotatable bonds is 18. The second kappa shape index (κ2) is 20.0. The number of amides is 4. The molecule has 0 bridgehead atoms. The van der Waals surface area contributed by atoms with Gasteiger partial charge >= 0.3 is 12.1 Å². The summed E-state index contributed by atoms with van der Waals surface area (Å²) in [4.78, 5) is 65.6. The van der Waals surface area contributed by atoms with E-state index in [1.165, 1.54) is 0 Å². The predicted molar refractivity (Wildman–Crippen MR) is 197 cm³/mol. The van der Waals surface area contributed by atoms with Crippen LogP contribution in [-0.4, -0.2) is 75.9 Å². The van der Waals surface area contributed by atoms with Gasteiger partial charge in [-0.3, -0.25) is 14.4 Å². The average molecular weight is 717 g/mol. The molecular formula is C40H52N4O8. The fourth-order valence-electron chi connectivity index (χ4n) is 5.55. The first kappa shape index (κ1) is 41.2. The zero-order chi connectivity index (χ0) is 38.3. The number of nitrogens with one attached hydrogen (secondary N) is 4. The Kier molecular flexibility index (Phi) is 15.8. The average Bonchev–Trinajstić information content (AvgIpc) is 3.07. The van der Waals surface area contributed by atoms with Gasteiger partial charge in [-0.15, -0.1) is 0 Å². The number of carboxylic acid groups (broad SMARTS) is 1. The van der Waals surface area contributed by atoms with Crippen molar-refractivity contribution < 1.29 is 38.9 Å². The Bertz CT molecular complexity index is 1600. The summed E-state index contributed by atoms with van der Waals surface area (Å²) in [5, 5.41) is 31.8. The highest BCUT2D eigenvalue weighted by molar-refractivity contribution is 5.93. The summed E-state index contributed by atoms with van der Waals surface area (Å²) in [5.74, 6) is -3.25. The van der Waals surface area contributed by atoms with Gasteiger partial charge in [0, 0.05) is 12.8 Å². The summed E-state index contributed by atoms with van der Waals surface area (Å²) in [6, 6.07) is 22.6. The highest BCUT2D eigenvalue weighted by Gasteiger charge is 2.32. The van der Waals surface area contributed by atoms with Gasteiger partial charge in [0.1, 0.15) is 23.7 Å². The molecule has 0 aliphatic carbocycles. The molecule has 0 aliphatic heterocycles. The monoisotopic (exact) mass is 716 g/mol. The van der Waals surface area contributed by atoms with Gasteiger partial charge < -0.3 is 36.2 Å². The number of aliphatic hydroxyl groups excluding tert-OH is 1. The van der Waals surface area contributed by atoms with E-state index >= 15 is 0 Å². The first-order valence-electron chi connectivity index (χ1n) is 17.5. The molecule has 12 heteroatoms. The molecule has 0 unspecified atom stereocenters. The molecule has 0 fully saturated rings. The maximum atomic E-state index is 13.9. The Morgan fingerprint density at radius 3 is 1.54 bits per heavy atom. The third kappa shape index (κ3) is 14.9. The zero-order valence-corrected chi connectivity index (χ0v) is 30.5. The van der Waals surface area contributed by atoms with E-state index in [1.807, 2.05) is 50.2 Å². The molecule has 0 heterocycles. The van der Waals surface area contributed by atoms with E-state index < -0.39 is 72.1 Å². The number of carbonyl (C=O) groups is 5. The summed E-state index contributed by atoms with van der Waals surface area (Å²) in [6.07, 6.45) is -2.04. The first-order chi connectivity index (χ1) is 24.6. The maximum Gasteiger partial charge on any atom is 0.407 e. The third-order valence-corrected chi connectivity index (χ3v) is 8.03. The van der Waals surface area contributed by atoms with Gasteiger partial charge in [0.15, 0.2) is 0 Å².